The summed E-state index contributed by atoms with van der Waals surface area (Å²) in [6, 6.07) is 15.7. The first kappa shape index (κ1) is 18.3. The van der Waals surface area contributed by atoms with E-state index in [0.29, 0.717) is 15.8 Å². The highest BCUT2D eigenvalue weighted by Crippen LogP contribution is 2.33. The summed E-state index contributed by atoms with van der Waals surface area (Å²) >= 11 is 1.38. The van der Waals surface area contributed by atoms with Crippen LogP contribution in [0.1, 0.15) is 37.8 Å². The number of benzene rings is 2. The largest absolute Gasteiger partial charge is 0.399 e. The molecule has 3 N–H and O–H groups in total. The van der Waals surface area contributed by atoms with E-state index in [1.165, 1.54) is 30.2 Å². The number of nitrogen functional groups attached to an aromatic ring is 1. The van der Waals surface area contributed by atoms with Crippen LogP contribution < -0.4 is 11.1 Å². The number of hydrogen-bond acceptors (Lipinski definition) is 4. The van der Waals surface area contributed by atoms with Gasteiger partial charge in [0.05, 0.1) is 10.6 Å². The molecule has 1 fully saturated rings. The Morgan fingerprint density at radius 3 is 2.46 bits per heavy atom. The van der Waals surface area contributed by atoms with Crippen LogP contribution >= 0.6 is 11.8 Å². The fourth-order valence-electron chi connectivity index (χ4n) is 2.72. The minimum atomic E-state index is -0.109. The zero-order chi connectivity index (χ0) is 18.5. The Morgan fingerprint density at radius 2 is 1.81 bits per heavy atom. The Morgan fingerprint density at radius 1 is 1.12 bits per heavy atom. The summed E-state index contributed by atoms with van der Waals surface area (Å²) < 4.78 is 0. The number of amidine groups is 1. The molecule has 1 amide bonds. The Kier molecular flexibility index (Phi) is 5.78. The van der Waals surface area contributed by atoms with Gasteiger partial charge in [-0.05, 0) is 72.5 Å². The van der Waals surface area contributed by atoms with E-state index in [9.17, 15) is 4.79 Å². The summed E-state index contributed by atoms with van der Waals surface area (Å²) in [7, 11) is 0. The number of allylic oxidation sites excluding steroid dienone is 1. The number of nitrogens with one attached hydrogen (secondary N) is 1. The number of anilines is 1. The monoisotopic (exact) mass is 365 g/mol. The summed E-state index contributed by atoms with van der Waals surface area (Å²) in [6.45, 7) is 4.14. The second kappa shape index (κ2) is 8.23. The van der Waals surface area contributed by atoms with Crippen molar-refractivity contribution in [1.82, 2.24) is 5.32 Å². The normalized spacial score (nSPS) is 17.5. The number of thioether (sulfide) groups is 1. The fraction of sp³-hybridized carbons (Fsp3) is 0.238. The molecule has 0 aliphatic carbocycles. The van der Waals surface area contributed by atoms with Gasteiger partial charge in [0.15, 0.2) is 5.17 Å². The zero-order valence-electron chi connectivity index (χ0n) is 15.1. The lowest BCUT2D eigenvalue weighted by atomic mass is 10.1. The maximum absolute atomic E-state index is 12.3. The van der Waals surface area contributed by atoms with Gasteiger partial charge in [-0.15, -0.1) is 0 Å². The number of unbranched alkanes of at least 4 members (excludes halogenated alkanes) is 1. The predicted octanol–water partition coefficient (Wildman–Crippen LogP) is 4.89. The Bertz CT molecular complexity index is 852. The van der Waals surface area contributed by atoms with Gasteiger partial charge >= 0.3 is 0 Å². The van der Waals surface area contributed by atoms with Gasteiger partial charge < -0.3 is 11.1 Å². The molecule has 1 aliphatic rings. The third kappa shape index (κ3) is 4.35. The standard InChI is InChI=1S/C21H23N3OS/c1-3-4-5-15-6-12-18(13-7-15)23-21-24-20(25)19(26-21)14(2)16-8-10-17(22)11-9-16/h6-13H,3-5,22H2,1-2H3,(H,23,24,25)/b19-14-. The molecule has 26 heavy (non-hydrogen) atoms. The molecule has 134 valence electrons. The van der Waals surface area contributed by atoms with Crippen LogP contribution in [0.5, 0.6) is 0 Å². The third-order valence-corrected chi connectivity index (χ3v) is 5.38. The summed E-state index contributed by atoms with van der Waals surface area (Å²) in [5.74, 6) is -0.109. The molecular formula is C21H23N3OS. The summed E-state index contributed by atoms with van der Waals surface area (Å²) in [4.78, 5) is 17.6. The maximum Gasteiger partial charge on any atom is 0.264 e. The van der Waals surface area contributed by atoms with Crippen molar-refractivity contribution in [2.24, 2.45) is 4.99 Å². The van der Waals surface area contributed by atoms with Crippen LogP contribution in [0.15, 0.2) is 58.4 Å². The lowest BCUT2D eigenvalue weighted by Crippen LogP contribution is -2.19. The summed E-state index contributed by atoms with van der Waals surface area (Å²) in [5.41, 5.74) is 10.5. The lowest BCUT2D eigenvalue weighted by molar-refractivity contribution is -0.115. The van der Waals surface area contributed by atoms with Crippen LogP contribution in [0.3, 0.4) is 0 Å². The summed E-state index contributed by atoms with van der Waals surface area (Å²) in [6.07, 6.45) is 3.47. The van der Waals surface area contributed by atoms with E-state index in [4.69, 9.17) is 5.73 Å². The molecule has 1 heterocycles. The van der Waals surface area contributed by atoms with E-state index < -0.39 is 0 Å². The van der Waals surface area contributed by atoms with Crippen molar-refractivity contribution in [2.75, 3.05) is 5.73 Å². The molecule has 1 aliphatic heterocycles. The van der Waals surface area contributed by atoms with Crippen molar-refractivity contribution >= 4 is 39.8 Å². The molecule has 0 unspecified atom stereocenters. The van der Waals surface area contributed by atoms with Crippen LogP contribution in [0, 0.1) is 0 Å². The van der Waals surface area contributed by atoms with Gasteiger partial charge in [-0.1, -0.05) is 37.6 Å². The quantitative estimate of drug-likeness (QED) is 0.585. The molecule has 0 spiro atoms. The molecule has 1 saturated heterocycles. The number of aliphatic imine (C=N–C) groups is 1. The number of hydrogen-bond donors (Lipinski definition) is 2. The predicted molar refractivity (Wildman–Crippen MR) is 111 cm³/mol. The van der Waals surface area contributed by atoms with Crippen molar-refractivity contribution in [1.29, 1.82) is 0 Å². The van der Waals surface area contributed by atoms with Gasteiger partial charge in [-0.3, -0.25) is 4.79 Å². The number of nitrogens with two attached hydrogens (primary N) is 1. The molecule has 0 bridgehead atoms. The van der Waals surface area contributed by atoms with Gasteiger partial charge in [-0.2, -0.15) is 0 Å². The molecule has 3 rings (SSSR count). The van der Waals surface area contributed by atoms with E-state index in [-0.39, 0.29) is 5.91 Å². The van der Waals surface area contributed by atoms with Gasteiger partial charge in [-0.25, -0.2) is 4.99 Å². The van der Waals surface area contributed by atoms with Gasteiger partial charge in [0.25, 0.3) is 5.91 Å². The molecule has 0 aromatic heterocycles. The highest BCUT2D eigenvalue weighted by atomic mass is 32.2. The average Bonchev–Trinajstić information content (AvgIpc) is 3.01. The minimum absolute atomic E-state index is 0.109. The summed E-state index contributed by atoms with van der Waals surface area (Å²) in [5, 5.41) is 3.47. The van der Waals surface area contributed by atoms with Crippen LogP contribution in [-0.2, 0) is 11.2 Å². The molecule has 2 aromatic carbocycles. The molecule has 5 heteroatoms. The van der Waals surface area contributed by atoms with E-state index >= 15 is 0 Å². The number of carbonyl (C=O) groups is 1. The van der Waals surface area contributed by atoms with Gasteiger partial charge in [0, 0.05) is 5.69 Å². The maximum atomic E-state index is 12.3. The number of rotatable bonds is 5. The molecule has 0 radical (unpaired) electrons. The number of nitrogens with zero attached hydrogens (tertiary/aromatic N) is 1. The SMILES string of the molecule is CCCCc1ccc(N=C2NC(=O)/C(=C(\C)c3ccc(N)cc3)S2)cc1. The van der Waals surface area contributed by atoms with Crippen molar-refractivity contribution in [3.05, 3.63) is 64.6 Å². The fourth-order valence-corrected chi connectivity index (χ4v) is 3.62. The Hall–Kier alpha value is -2.53. The first-order chi connectivity index (χ1) is 12.6. The molecule has 0 atom stereocenters. The molecular weight excluding hydrogens is 342 g/mol. The van der Waals surface area contributed by atoms with Crippen LogP contribution in [0.2, 0.25) is 0 Å². The Balaban J connectivity index is 1.77. The van der Waals surface area contributed by atoms with Crippen molar-refractivity contribution < 1.29 is 4.79 Å². The van der Waals surface area contributed by atoms with Gasteiger partial charge in [0.2, 0.25) is 0 Å². The van der Waals surface area contributed by atoms with Crippen LogP contribution in [-0.4, -0.2) is 11.1 Å². The zero-order valence-corrected chi connectivity index (χ0v) is 15.9. The highest BCUT2D eigenvalue weighted by molar-refractivity contribution is 8.18. The Labute approximate surface area is 158 Å². The number of amides is 1. The van der Waals surface area contributed by atoms with Gasteiger partial charge in [0.1, 0.15) is 0 Å². The van der Waals surface area contributed by atoms with E-state index in [1.807, 2.05) is 43.3 Å². The molecule has 0 saturated carbocycles. The molecule has 2 aromatic rings. The highest BCUT2D eigenvalue weighted by Gasteiger charge is 2.26. The van der Waals surface area contributed by atoms with Crippen molar-refractivity contribution in [3.8, 4) is 0 Å². The van der Waals surface area contributed by atoms with Crippen molar-refractivity contribution in [3.63, 3.8) is 0 Å². The second-order valence-electron chi connectivity index (χ2n) is 6.32. The lowest BCUT2D eigenvalue weighted by Gasteiger charge is -2.04. The minimum Gasteiger partial charge on any atom is -0.399 e. The van der Waals surface area contributed by atoms with Crippen molar-refractivity contribution in [2.45, 2.75) is 33.1 Å². The van der Waals surface area contributed by atoms with Crippen LogP contribution in [0.4, 0.5) is 11.4 Å². The topological polar surface area (TPSA) is 67.5 Å². The average molecular weight is 366 g/mol. The van der Waals surface area contributed by atoms with E-state index in [2.05, 4.69) is 29.4 Å². The molecule has 4 nitrogen and oxygen atoms in total. The smallest absolute Gasteiger partial charge is 0.264 e. The third-order valence-electron chi connectivity index (χ3n) is 4.30. The first-order valence-corrected chi connectivity index (χ1v) is 9.62. The van der Waals surface area contributed by atoms with E-state index in [0.717, 1.165) is 23.2 Å². The number of carbonyl (C=O) groups excluding carboxylic acids is 1. The second-order valence-corrected chi connectivity index (χ2v) is 7.32. The van der Waals surface area contributed by atoms with Crippen LogP contribution in [0.25, 0.3) is 5.57 Å². The van der Waals surface area contributed by atoms with E-state index in [1.54, 1.807) is 0 Å². The number of aryl methyl sites for hydroxylation is 1. The first-order valence-electron chi connectivity index (χ1n) is 8.80.